The number of carbonyl (C=O) groups is 6. The molecule has 14 heteroatoms. The molecule has 7 N–H and O–H groups in total. The average Bonchev–Trinajstić information content (AvgIpc) is 3.19. The Bertz CT molecular complexity index is 748. The summed E-state index contributed by atoms with van der Waals surface area (Å²) in [6, 6.07) is -5.24. The zero-order valence-corrected chi connectivity index (χ0v) is 18.3. The Balaban J connectivity index is 2.94. The van der Waals surface area contributed by atoms with Gasteiger partial charge in [0.25, 0.3) is 0 Å². The number of carboxylic acids is 3. The van der Waals surface area contributed by atoms with E-state index >= 15 is 0 Å². The Morgan fingerprint density at radius 1 is 1.03 bits per heavy atom. The Labute approximate surface area is 188 Å². The molecule has 0 aromatic rings. The first-order valence-electron chi connectivity index (χ1n) is 9.80. The summed E-state index contributed by atoms with van der Waals surface area (Å²) in [5.74, 6) is -6.14. The van der Waals surface area contributed by atoms with Gasteiger partial charge in [0.05, 0.1) is 18.9 Å². The smallest absolute Gasteiger partial charge is 0.326 e. The monoisotopic (exact) mass is 476 g/mol. The Hall–Kier alpha value is -2.87. The first kappa shape index (κ1) is 27.2. The molecule has 0 bridgehead atoms. The summed E-state index contributed by atoms with van der Waals surface area (Å²) in [4.78, 5) is 72.2. The van der Waals surface area contributed by atoms with Gasteiger partial charge in [0.2, 0.25) is 17.7 Å². The molecule has 32 heavy (non-hydrogen) atoms. The van der Waals surface area contributed by atoms with Crippen molar-refractivity contribution in [3.05, 3.63) is 0 Å². The molecule has 4 atom stereocenters. The molecule has 1 aliphatic rings. The van der Waals surface area contributed by atoms with Crippen LogP contribution in [0.3, 0.4) is 0 Å². The lowest BCUT2D eigenvalue weighted by atomic mass is 10.1. The van der Waals surface area contributed by atoms with Crippen molar-refractivity contribution < 1.29 is 44.1 Å². The van der Waals surface area contributed by atoms with Gasteiger partial charge in [0.1, 0.15) is 18.1 Å². The third kappa shape index (κ3) is 8.34. The molecular weight excluding hydrogens is 448 g/mol. The summed E-state index contributed by atoms with van der Waals surface area (Å²) in [6.45, 7) is 0.0815. The van der Waals surface area contributed by atoms with Crippen molar-refractivity contribution in [3.63, 3.8) is 0 Å². The molecule has 0 aromatic carbocycles. The summed E-state index contributed by atoms with van der Waals surface area (Å²) in [5.41, 5.74) is 5.77. The second-order valence-electron chi connectivity index (χ2n) is 7.23. The minimum Gasteiger partial charge on any atom is -0.481 e. The molecule has 0 saturated carbocycles. The molecule has 1 fully saturated rings. The lowest BCUT2D eigenvalue weighted by Crippen LogP contribution is -2.57. The van der Waals surface area contributed by atoms with Crippen LogP contribution in [0.2, 0.25) is 0 Å². The van der Waals surface area contributed by atoms with Crippen molar-refractivity contribution in [1.29, 1.82) is 0 Å². The van der Waals surface area contributed by atoms with Gasteiger partial charge in [0, 0.05) is 6.54 Å². The highest BCUT2D eigenvalue weighted by molar-refractivity contribution is 7.98. The highest BCUT2D eigenvalue weighted by Gasteiger charge is 2.40. The van der Waals surface area contributed by atoms with Gasteiger partial charge in [-0.3, -0.25) is 24.0 Å². The van der Waals surface area contributed by atoms with Gasteiger partial charge in [-0.2, -0.15) is 11.8 Å². The molecule has 1 saturated heterocycles. The fourth-order valence-electron chi connectivity index (χ4n) is 3.18. The van der Waals surface area contributed by atoms with Crippen LogP contribution in [0.5, 0.6) is 0 Å². The van der Waals surface area contributed by atoms with E-state index in [1.54, 1.807) is 0 Å². The number of hydrogen-bond donors (Lipinski definition) is 6. The van der Waals surface area contributed by atoms with Gasteiger partial charge in [-0.15, -0.1) is 0 Å². The van der Waals surface area contributed by atoms with Crippen LogP contribution in [-0.4, -0.2) is 98.6 Å². The van der Waals surface area contributed by atoms with E-state index in [9.17, 15) is 28.8 Å². The molecule has 1 aliphatic heterocycles. The number of nitrogens with one attached hydrogen (secondary N) is 2. The van der Waals surface area contributed by atoms with E-state index < -0.39 is 72.6 Å². The minimum absolute atomic E-state index is 0.0815. The fraction of sp³-hybridized carbons (Fsp3) is 0.667. The van der Waals surface area contributed by atoms with Crippen molar-refractivity contribution in [2.24, 2.45) is 5.73 Å². The van der Waals surface area contributed by atoms with E-state index in [0.29, 0.717) is 18.6 Å². The Kier molecular flexibility index (Phi) is 10.9. The Morgan fingerprint density at radius 3 is 2.16 bits per heavy atom. The third-order valence-corrected chi connectivity index (χ3v) is 5.44. The number of hydrogen-bond acceptors (Lipinski definition) is 8. The first-order chi connectivity index (χ1) is 15.0. The maximum atomic E-state index is 13.0. The first-order valence-corrected chi connectivity index (χ1v) is 11.2. The number of likely N-dealkylation sites (tertiary alicyclic amines) is 1. The molecule has 0 spiro atoms. The zero-order chi connectivity index (χ0) is 24.4. The van der Waals surface area contributed by atoms with E-state index in [2.05, 4.69) is 10.6 Å². The number of aliphatic carboxylic acids is 3. The quantitative estimate of drug-likeness (QED) is 0.172. The van der Waals surface area contributed by atoms with Gasteiger partial charge in [-0.25, -0.2) is 4.79 Å². The lowest BCUT2D eigenvalue weighted by Gasteiger charge is -2.29. The molecule has 3 amide bonds. The molecular formula is C18H28N4O9S. The van der Waals surface area contributed by atoms with Gasteiger partial charge in [-0.1, -0.05) is 0 Å². The maximum absolute atomic E-state index is 13.0. The molecule has 1 heterocycles. The number of nitrogens with zero attached hydrogens (tertiary/aromatic N) is 1. The van der Waals surface area contributed by atoms with Crippen LogP contribution in [0.25, 0.3) is 0 Å². The number of nitrogens with two attached hydrogens (primary N) is 1. The number of thioether (sulfide) groups is 1. The summed E-state index contributed by atoms with van der Waals surface area (Å²) in [6.07, 6.45) is 1.09. The van der Waals surface area contributed by atoms with E-state index in [1.165, 1.54) is 11.8 Å². The van der Waals surface area contributed by atoms with Crippen LogP contribution in [-0.2, 0) is 28.8 Å². The predicted octanol–water partition coefficient (Wildman–Crippen LogP) is -1.94. The molecule has 0 aromatic heterocycles. The highest BCUT2D eigenvalue weighted by atomic mass is 32.2. The summed E-state index contributed by atoms with van der Waals surface area (Å²) in [7, 11) is 0. The summed E-state index contributed by atoms with van der Waals surface area (Å²) < 4.78 is 0. The normalized spacial score (nSPS) is 18.3. The largest absolute Gasteiger partial charge is 0.481 e. The third-order valence-electron chi connectivity index (χ3n) is 4.79. The van der Waals surface area contributed by atoms with Crippen molar-refractivity contribution in [3.8, 4) is 0 Å². The van der Waals surface area contributed by atoms with E-state index in [-0.39, 0.29) is 13.0 Å². The molecule has 0 radical (unpaired) electrons. The highest BCUT2D eigenvalue weighted by Crippen LogP contribution is 2.20. The minimum atomic E-state index is -1.69. The summed E-state index contributed by atoms with van der Waals surface area (Å²) in [5, 5.41) is 31.5. The SMILES string of the molecule is CSCCC(N)C(=O)NC(CC(=O)O)C(=O)N1CCCC1C(=O)NC(CC(=O)O)C(=O)O. The van der Waals surface area contributed by atoms with Crippen LogP contribution in [0.1, 0.15) is 32.1 Å². The van der Waals surface area contributed by atoms with Crippen LogP contribution < -0.4 is 16.4 Å². The van der Waals surface area contributed by atoms with Gasteiger partial charge in [0.15, 0.2) is 0 Å². The van der Waals surface area contributed by atoms with Crippen molar-refractivity contribution in [2.75, 3.05) is 18.6 Å². The zero-order valence-electron chi connectivity index (χ0n) is 17.5. The second kappa shape index (κ2) is 12.9. The predicted molar refractivity (Wildman–Crippen MR) is 112 cm³/mol. The lowest BCUT2D eigenvalue weighted by molar-refractivity contribution is -0.149. The molecule has 4 unspecified atom stereocenters. The second-order valence-corrected chi connectivity index (χ2v) is 8.22. The maximum Gasteiger partial charge on any atom is 0.326 e. The van der Waals surface area contributed by atoms with Crippen molar-refractivity contribution in [2.45, 2.75) is 56.3 Å². The van der Waals surface area contributed by atoms with Crippen molar-refractivity contribution in [1.82, 2.24) is 15.5 Å². The van der Waals surface area contributed by atoms with E-state index in [1.807, 2.05) is 6.26 Å². The van der Waals surface area contributed by atoms with Gasteiger partial charge < -0.3 is 36.6 Å². The van der Waals surface area contributed by atoms with Gasteiger partial charge in [-0.05, 0) is 31.3 Å². The molecule has 13 nitrogen and oxygen atoms in total. The van der Waals surface area contributed by atoms with Crippen LogP contribution in [0.4, 0.5) is 0 Å². The van der Waals surface area contributed by atoms with Gasteiger partial charge >= 0.3 is 17.9 Å². The van der Waals surface area contributed by atoms with Crippen molar-refractivity contribution >= 4 is 47.4 Å². The molecule has 180 valence electrons. The van der Waals surface area contributed by atoms with E-state index in [4.69, 9.17) is 21.1 Å². The average molecular weight is 477 g/mol. The summed E-state index contributed by atoms with van der Waals surface area (Å²) >= 11 is 1.47. The fourth-order valence-corrected chi connectivity index (χ4v) is 3.66. The van der Waals surface area contributed by atoms with Crippen LogP contribution in [0, 0.1) is 0 Å². The van der Waals surface area contributed by atoms with Crippen LogP contribution in [0.15, 0.2) is 0 Å². The standard InChI is InChI=1S/C18H28N4O9S/c1-32-6-4-9(19)15(27)20-10(7-13(23)24)17(29)22-5-2-3-12(22)16(28)21-11(18(30)31)8-14(25)26/h9-12H,2-8,19H2,1H3,(H,20,27)(H,21,28)(H,23,24)(H,25,26)(H,30,31). The van der Waals surface area contributed by atoms with E-state index in [0.717, 1.165) is 4.90 Å². The number of carboxylic acid groups (broad SMARTS) is 3. The topological polar surface area (TPSA) is 216 Å². The number of carbonyl (C=O) groups excluding carboxylic acids is 3. The molecule has 0 aliphatic carbocycles. The Morgan fingerprint density at radius 2 is 1.62 bits per heavy atom. The number of amides is 3. The number of rotatable bonds is 13. The molecule has 1 rings (SSSR count). The van der Waals surface area contributed by atoms with Crippen LogP contribution >= 0.6 is 11.8 Å².